The summed E-state index contributed by atoms with van der Waals surface area (Å²) in [6.45, 7) is 8.30. The zero-order chi connectivity index (χ0) is 11.5. The predicted octanol–water partition coefficient (Wildman–Crippen LogP) is 3.15. The number of rotatable bonds is 3. The maximum atomic E-state index is 12.1. The molecule has 1 N–H and O–H groups in total. The Morgan fingerprint density at radius 2 is 1.73 bits per heavy atom. The third-order valence-electron chi connectivity index (χ3n) is 3.35. The second-order valence-corrected chi connectivity index (χ2v) is 7.64. The van der Waals surface area contributed by atoms with Crippen molar-refractivity contribution in [2.45, 2.75) is 76.5 Å². The molecule has 3 heteroatoms. The van der Waals surface area contributed by atoms with Crippen LogP contribution in [-0.2, 0) is 11.0 Å². The smallest absolute Gasteiger partial charge is 0.0975 e. The highest BCUT2D eigenvalue weighted by Gasteiger charge is 2.34. The molecule has 0 saturated heterocycles. The molecule has 1 unspecified atom stereocenters. The van der Waals surface area contributed by atoms with Gasteiger partial charge in [-0.3, -0.25) is 0 Å². The Morgan fingerprint density at radius 1 is 1.20 bits per heavy atom. The second kappa shape index (κ2) is 4.96. The van der Waals surface area contributed by atoms with Crippen molar-refractivity contribution in [1.29, 1.82) is 0 Å². The summed E-state index contributed by atoms with van der Waals surface area (Å²) in [7, 11) is -0.924. The first-order chi connectivity index (χ1) is 6.90. The molecule has 0 aromatic carbocycles. The van der Waals surface area contributed by atoms with Crippen LogP contribution in [0.25, 0.3) is 0 Å². The van der Waals surface area contributed by atoms with Crippen LogP contribution in [0.5, 0.6) is 0 Å². The summed E-state index contributed by atoms with van der Waals surface area (Å²) in [4.78, 5) is 0. The van der Waals surface area contributed by atoms with Crippen LogP contribution < -0.4 is 4.72 Å². The van der Waals surface area contributed by atoms with Gasteiger partial charge in [-0.25, -0.2) is 8.93 Å². The maximum absolute atomic E-state index is 12.1. The highest BCUT2D eigenvalue weighted by atomic mass is 32.2. The van der Waals surface area contributed by atoms with Crippen LogP contribution in [0.1, 0.15) is 66.2 Å². The van der Waals surface area contributed by atoms with E-state index >= 15 is 0 Å². The van der Waals surface area contributed by atoms with E-state index in [2.05, 4.69) is 11.6 Å². The summed E-state index contributed by atoms with van der Waals surface area (Å²) >= 11 is 0. The fraction of sp³-hybridized carbons (Fsp3) is 1.00. The highest BCUT2D eigenvalue weighted by molar-refractivity contribution is 7.84. The first-order valence-electron chi connectivity index (χ1n) is 6.09. The van der Waals surface area contributed by atoms with Gasteiger partial charge in [0.2, 0.25) is 0 Å². The number of nitrogens with one attached hydrogen (secondary N) is 1. The lowest BCUT2D eigenvalue weighted by molar-refractivity contribution is 0.262. The molecule has 0 aromatic rings. The minimum Gasteiger partial charge on any atom is -0.242 e. The fourth-order valence-electron chi connectivity index (χ4n) is 2.11. The SMILES string of the molecule is CCC1(NS(=O)C(C)(C)C)CCCCC1. The van der Waals surface area contributed by atoms with E-state index in [4.69, 9.17) is 0 Å². The number of hydrogen-bond acceptors (Lipinski definition) is 1. The van der Waals surface area contributed by atoms with Crippen molar-refractivity contribution in [3.8, 4) is 0 Å². The van der Waals surface area contributed by atoms with Crippen molar-refractivity contribution in [1.82, 2.24) is 4.72 Å². The van der Waals surface area contributed by atoms with E-state index in [0.29, 0.717) is 0 Å². The number of hydrogen-bond donors (Lipinski definition) is 1. The second-order valence-electron chi connectivity index (χ2n) is 5.68. The Hall–Kier alpha value is 0.110. The van der Waals surface area contributed by atoms with Crippen molar-refractivity contribution in [3.05, 3.63) is 0 Å². The van der Waals surface area contributed by atoms with Gasteiger partial charge in [0.1, 0.15) is 0 Å². The van der Waals surface area contributed by atoms with Crippen molar-refractivity contribution in [2.24, 2.45) is 0 Å². The van der Waals surface area contributed by atoms with Crippen molar-refractivity contribution >= 4 is 11.0 Å². The highest BCUT2D eigenvalue weighted by Crippen LogP contribution is 2.32. The van der Waals surface area contributed by atoms with Gasteiger partial charge in [0.15, 0.2) is 0 Å². The first-order valence-corrected chi connectivity index (χ1v) is 7.24. The van der Waals surface area contributed by atoms with E-state index < -0.39 is 11.0 Å². The van der Waals surface area contributed by atoms with Crippen LogP contribution in [0.4, 0.5) is 0 Å². The molecule has 1 atom stereocenters. The standard InChI is InChI=1S/C12H25NOS/c1-5-12(9-7-6-8-10-12)13-15(14)11(2,3)4/h13H,5-10H2,1-4H3. The molecule has 0 radical (unpaired) electrons. The molecule has 1 aliphatic carbocycles. The van der Waals surface area contributed by atoms with Crippen LogP contribution in [0, 0.1) is 0 Å². The van der Waals surface area contributed by atoms with Gasteiger partial charge in [0.25, 0.3) is 0 Å². The third-order valence-corrected chi connectivity index (χ3v) is 5.08. The fourth-order valence-corrected chi connectivity index (χ4v) is 3.15. The predicted molar refractivity (Wildman–Crippen MR) is 67.1 cm³/mol. The molecular weight excluding hydrogens is 206 g/mol. The van der Waals surface area contributed by atoms with Crippen LogP contribution >= 0.6 is 0 Å². The lowest BCUT2D eigenvalue weighted by Crippen LogP contribution is -2.50. The molecule has 0 spiro atoms. The summed E-state index contributed by atoms with van der Waals surface area (Å²) < 4.78 is 15.3. The monoisotopic (exact) mass is 231 g/mol. The van der Waals surface area contributed by atoms with Crippen molar-refractivity contribution in [2.75, 3.05) is 0 Å². The van der Waals surface area contributed by atoms with Gasteiger partial charge in [-0.1, -0.05) is 26.2 Å². The van der Waals surface area contributed by atoms with E-state index in [9.17, 15) is 4.21 Å². The van der Waals surface area contributed by atoms with Gasteiger partial charge in [-0.2, -0.15) is 0 Å². The topological polar surface area (TPSA) is 29.1 Å². The van der Waals surface area contributed by atoms with Gasteiger partial charge in [0.05, 0.1) is 15.7 Å². The van der Waals surface area contributed by atoms with Crippen LogP contribution in [0.3, 0.4) is 0 Å². The molecule has 1 rings (SSSR count). The zero-order valence-electron chi connectivity index (χ0n) is 10.6. The Balaban J connectivity index is 2.63. The van der Waals surface area contributed by atoms with E-state index in [0.717, 1.165) is 6.42 Å². The molecule has 0 aromatic heterocycles. The molecule has 1 fully saturated rings. The first kappa shape index (κ1) is 13.2. The van der Waals surface area contributed by atoms with E-state index in [1.165, 1.54) is 32.1 Å². The minimum atomic E-state index is -0.924. The quantitative estimate of drug-likeness (QED) is 0.794. The average Bonchev–Trinajstić information content (AvgIpc) is 2.18. The van der Waals surface area contributed by atoms with Gasteiger partial charge >= 0.3 is 0 Å². The summed E-state index contributed by atoms with van der Waals surface area (Å²) in [5.74, 6) is 0. The van der Waals surface area contributed by atoms with E-state index in [1.807, 2.05) is 20.8 Å². The Bertz CT molecular complexity index is 226. The van der Waals surface area contributed by atoms with Crippen LogP contribution in [0.2, 0.25) is 0 Å². The molecule has 90 valence electrons. The van der Waals surface area contributed by atoms with E-state index in [-0.39, 0.29) is 10.3 Å². The average molecular weight is 231 g/mol. The lowest BCUT2D eigenvalue weighted by Gasteiger charge is -2.38. The minimum absolute atomic E-state index is 0.149. The summed E-state index contributed by atoms with van der Waals surface area (Å²) in [6.07, 6.45) is 7.36. The lowest BCUT2D eigenvalue weighted by atomic mass is 9.81. The molecule has 0 bridgehead atoms. The molecule has 1 aliphatic rings. The zero-order valence-corrected chi connectivity index (χ0v) is 11.4. The van der Waals surface area contributed by atoms with Gasteiger partial charge < -0.3 is 0 Å². The molecular formula is C12H25NOS. The van der Waals surface area contributed by atoms with Gasteiger partial charge in [-0.05, 0) is 40.0 Å². The molecule has 15 heavy (non-hydrogen) atoms. The molecule has 0 aliphatic heterocycles. The molecule has 2 nitrogen and oxygen atoms in total. The summed E-state index contributed by atoms with van der Waals surface area (Å²) in [5, 5.41) is 0. The molecule has 1 saturated carbocycles. The van der Waals surface area contributed by atoms with E-state index in [1.54, 1.807) is 0 Å². The third kappa shape index (κ3) is 3.56. The Labute approximate surface area is 96.8 Å². The molecule has 0 heterocycles. The maximum Gasteiger partial charge on any atom is 0.0975 e. The summed E-state index contributed by atoms with van der Waals surface area (Å²) in [6, 6.07) is 0. The summed E-state index contributed by atoms with van der Waals surface area (Å²) in [5.41, 5.74) is 0.149. The van der Waals surface area contributed by atoms with Gasteiger partial charge in [0, 0.05) is 5.54 Å². The van der Waals surface area contributed by atoms with Crippen LogP contribution in [0.15, 0.2) is 0 Å². The Morgan fingerprint density at radius 3 is 2.13 bits per heavy atom. The molecule has 0 amide bonds. The van der Waals surface area contributed by atoms with Crippen molar-refractivity contribution in [3.63, 3.8) is 0 Å². The van der Waals surface area contributed by atoms with Gasteiger partial charge in [-0.15, -0.1) is 0 Å². The normalized spacial score (nSPS) is 23.7. The largest absolute Gasteiger partial charge is 0.242 e. The van der Waals surface area contributed by atoms with Crippen LogP contribution in [-0.4, -0.2) is 14.5 Å². The Kier molecular flexibility index (Phi) is 4.36. The van der Waals surface area contributed by atoms with Crippen molar-refractivity contribution < 1.29 is 4.21 Å².